The molecule has 2 heterocycles. The van der Waals surface area contributed by atoms with E-state index < -0.39 is 0 Å². The predicted octanol–water partition coefficient (Wildman–Crippen LogP) is 2.24. The maximum Gasteiger partial charge on any atom is 0.171 e. The highest BCUT2D eigenvalue weighted by Gasteiger charge is 2.24. The highest BCUT2D eigenvalue weighted by Crippen LogP contribution is 2.22. The van der Waals surface area contributed by atoms with Crippen LogP contribution in [0.15, 0.2) is 18.3 Å². The van der Waals surface area contributed by atoms with E-state index in [1.165, 1.54) is 6.42 Å². The summed E-state index contributed by atoms with van der Waals surface area (Å²) in [7, 11) is 2.10. The molecule has 5 heteroatoms. The van der Waals surface area contributed by atoms with Crippen LogP contribution >= 0.6 is 24.0 Å². The number of likely N-dealkylation sites (tertiary alicyclic amines) is 1. The lowest BCUT2D eigenvalue weighted by Crippen LogP contribution is -2.48. The Bertz CT molecular complexity index is 322. The second kappa shape index (κ2) is 5.54. The lowest BCUT2D eigenvalue weighted by molar-refractivity contribution is 0.0768. The first kappa shape index (κ1) is 12.6. The van der Waals surface area contributed by atoms with Gasteiger partial charge >= 0.3 is 0 Å². The summed E-state index contributed by atoms with van der Waals surface area (Å²) in [5, 5.41) is 0.439. The fourth-order valence-electron chi connectivity index (χ4n) is 1.45. The third-order valence-electron chi connectivity index (χ3n) is 2.59. The maximum absolute atomic E-state index is 5.86. The summed E-state index contributed by atoms with van der Waals surface area (Å²) in [5.74, 6) is 0.675. The molecular weight excluding hydrogens is 235 g/mol. The topological polar surface area (TPSA) is 25.4 Å². The number of rotatable bonds is 3. The Kier molecular flexibility index (Phi) is 4.64. The Balaban J connectivity index is 0.00000112. The lowest BCUT2D eigenvalue weighted by Gasteiger charge is -2.37. The number of ether oxygens (including phenoxy) is 1. The smallest absolute Gasteiger partial charge is 0.171 e. The lowest BCUT2D eigenvalue weighted by atomic mass is 10.1. The normalized spacial score (nSPS) is 20.3. The standard InChI is InChI=1S/C10H13ClN2O.ClH/c1-13-6-4-8(13)7-14-9-3-2-5-12-10(9)11;/h2-3,5,8H,4,6-7H2,1H3;1H/t8-;/m0./s1. The Morgan fingerprint density at radius 1 is 1.67 bits per heavy atom. The van der Waals surface area contributed by atoms with Gasteiger partial charge in [-0.05, 0) is 32.1 Å². The van der Waals surface area contributed by atoms with E-state index in [-0.39, 0.29) is 12.4 Å². The molecule has 3 nitrogen and oxygen atoms in total. The van der Waals surface area contributed by atoms with Gasteiger partial charge in [0.1, 0.15) is 6.61 Å². The maximum atomic E-state index is 5.86. The largest absolute Gasteiger partial charge is 0.489 e. The van der Waals surface area contributed by atoms with Gasteiger partial charge in [0, 0.05) is 12.2 Å². The number of pyridine rings is 1. The third-order valence-corrected chi connectivity index (χ3v) is 2.88. The van der Waals surface area contributed by atoms with Gasteiger partial charge < -0.3 is 4.74 Å². The fraction of sp³-hybridized carbons (Fsp3) is 0.500. The van der Waals surface area contributed by atoms with E-state index in [0.717, 1.165) is 6.54 Å². The molecule has 0 spiro atoms. The molecule has 1 aromatic rings. The van der Waals surface area contributed by atoms with E-state index in [9.17, 15) is 0 Å². The average molecular weight is 249 g/mol. The Morgan fingerprint density at radius 2 is 2.47 bits per heavy atom. The fourth-order valence-corrected chi connectivity index (χ4v) is 1.62. The van der Waals surface area contributed by atoms with Gasteiger partial charge in [-0.25, -0.2) is 4.98 Å². The Hall–Kier alpha value is -0.510. The summed E-state index contributed by atoms with van der Waals surface area (Å²) in [6.45, 7) is 1.86. The summed E-state index contributed by atoms with van der Waals surface area (Å²) < 4.78 is 5.58. The molecule has 0 aromatic carbocycles. The summed E-state index contributed by atoms with van der Waals surface area (Å²) in [6, 6.07) is 4.20. The van der Waals surface area contributed by atoms with Crippen LogP contribution in [-0.2, 0) is 0 Å². The van der Waals surface area contributed by atoms with E-state index in [4.69, 9.17) is 16.3 Å². The molecule has 0 radical (unpaired) electrons. The van der Waals surface area contributed by atoms with Crippen molar-refractivity contribution in [3.05, 3.63) is 23.5 Å². The quantitative estimate of drug-likeness (QED) is 0.768. The summed E-state index contributed by atoms with van der Waals surface area (Å²) in [6.07, 6.45) is 2.86. The second-order valence-corrected chi connectivity index (χ2v) is 3.88. The van der Waals surface area contributed by atoms with Crippen molar-refractivity contribution in [3.63, 3.8) is 0 Å². The van der Waals surface area contributed by atoms with Crippen LogP contribution in [0.4, 0.5) is 0 Å². The molecule has 1 aliphatic heterocycles. The molecule has 1 fully saturated rings. The SMILES string of the molecule is CN1CC[C@H]1COc1cccnc1Cl.Cl. The van der Waals surface area contributed by atoms with Crippen LogP contribution in [0.5, 0.6) is 5.75 Å². The van der Waals surface area contributed by atoms with Gasteiger partial charge in [0.2, 0.25) is 0 Å². The van der Waals surface area contributed by atoms with E-state index in [1.807, 2.05) is 12.1 Å². The van der Waals surface area contributed by atoms with Crippen LogP contribution in [0, 0.1) is 0 Å². The van der Waals surface area contributed by atoms with Crippen LogP contribution in [0.1, 0.15) is 6.42 Å². The minimum absolute atomic E-state index is 0. The van der Waals surface area contributed by atoms with Gasteiger partial charge in [-0.1, -0.05) is 11.6 Å². The van der Waals surface area contributed by atoms with Crippen LogP contribution in [0.25, 0.3) is 0 Å². The number of hydrogen-bond donors (Lipinski definition) is 0. The molecular formula is C10H14Cl2N2O. The molecule has 1 aliphatic rings. The first-order chi connectivity index (χ1) is 6.77. The molecule has 15 heavy (non-hydrogen) atoms. The van der Waals surface area contributed by atoms with Crippen molar-refractivity contribution in [2.24, 2.45) is 0 Å². The monoisotopic (exact) mass is 248 g/mol. The summed E-state index contributed by atoms with van der Waals surface area (Å²) in [4.78, 5) is 6.21. The molecule has 1 atom stereocenters. The van der Waals surface area contributed by atoms with Crippen LogP contribution in [-0.4, -0.2) is 36.1 Å². The molecule has 1 saturated heterocycles. The number of nitrogens with zero attached hydrogens (tertiary/aromatic N) is 2. The summed E-state index contributed by atoms with van der Waals surface area (Å²) in [5.41, 5.74) is 0. The Morgan fingerprint density at radius 3 is 3.00 bits per heavy atom. The molecule has 1 aromatic heterocycles. The van der Waals surface area contributed by atoms with Gasteiger partial charge in [0.25, 0.3) is 0 Å². The molecule has 0 saturated carbocycles. The zero-order chi connectivity index (χ0) is 9.97. The second-order valence-electron chi connectivity index (χ2n) is 3.53. The van der Waals surface area contributed by atoms with Crippen molar-refractivity contribution in [1.82, 2.24) is 9.88 Å². The highest BCUT2D eigenvalue weighted by atomic mass is 35.5. The van der Waals surface area contributed by atoms with Crippen molar-refractivity contribution >= 4 is 24.0 Å². The van der Waals surface area contributed by atoms with Crippen molar-refractivity contribution < 1.29 is 4.74 Å². The number of likely N-dealkylation sites (N-methyl/N-ethyl adjacent to an activating group) is 1. The molecule has 0 bridgehead atoms. The van der Waals surface area contributed by atoms with Crippen molar-refractivity contribution in [1.29, 1.82) is 0 Å². The van der Waals surface area contributed by atoms with Crippen LogP contribution < -0.4 is 4.74 Å². The number of halogens is 2. The zero-order valence-electron chi connectivity index (χ0n) is 8.52. The van der Waals surface area contributed by atoms with Gasteiger partial charge in [0.05, 0.1) is 0 Å². The molecule has 84 valence electrons. The van der Waals surface area contributed by atoms with E-state index in [1.54, 1.807) is 6.20 Å². The van der Waals surface area contributed by atoms with Crippen molar-refractivity contribution in [3.8, 4) is 5.75 Å². The van der Waals surface area contributed by atoms with Crippen molar-refractivity contribution in [2.75, 3.05) is 20.2 Å². The first-order valence-corrected chi connectivity index (χ1v) is 5.09. The van der Waals surface area contributed by atoms with Gasteiger partial charge in [-0.3, -0.25) is 4.90 Å². The van der Waals surface area contributed by atoms with Crippen molar-refractivity contribution in [2.45, 2.75) is 12.5 Å². The number of hydrogen-bond acceptors (Lipinski definition) is 3. The first-order valence-electron chi connectivity index (χ1n) is 4.71. The number of aromatic nitrogens is 1. The van der Waals surface area contributed by atoms with E-state index in [2.05, 4.69) is 16.9 Å². The average Bonchev–Trinajstić information content (AvgIpc) is 2.19. The minimum Gasteiger partial charge on any atom is -0.489 e. The van der Waals surface area contributed by atoms with Crippen LogP contribution in [0.2, 0.25) is 5.15 Å². The molecule has 0 N–H and O–H groups in total. The summed E-state index contributed by atoms with van der Waals surface area (Å²) >= 11 is 5.86. The highest BCUT2D eigenvalue weighted by molar-refractivity contribution is 6.30. The van der Waals surface area contributed by atoms with Crippen LogP contribution in [0.3, 0.4) is 0 Å². The van der Waals surface area contributed by atoms with Gasteiger partial charge in [-0.2, -0.15) is 0 Å². The third kappa shape index (κ3) is 2.97. The predicted molar refractivity (Wildman–Crippen MR) is 63.0 cm³/mol. The molecule has 0 amide bonds. The molecule has 2 rings (SSSR count). The van der Waals surface area contributed by atoms with Gasteiger partial charge in [-0.15, -0.1) is 12.4 Å². The Labute approximate surface area is 101 Å². The van der Waals surface area contributed by atoms with E-state index in [0.29, 0.717) is 23.6 Å². The zero-order valence-corrected chi connectivity index (χ0v) is 10.1. The molecule has 0 unspecified atom stereocenters. The molecule has 0 aliphatic carbocycles. The van der Waals surface area contributed by atoms with E-state index >= 15 is 0 Å². The minimum atomic E-state index is 0. The van der Waals surface area contributed by atoms with Gasteiger partial charge in [0.15, 0.2) is 10.9 Å².